The highest BCUT2D eigenvalue weighted by atomic mass is 127. The van der Waals surface area contributed by atoms with Gasteiger partial charge < -0.3 is 30.7 Å². The number of nitrogens with one attached hydrogen (secondary N) is 2. The lowest BCUT2D eigenvalue weighted by molar-refractivity contribution is 0.0503. The first-order chi connectivity index (χ1) is 13.1. The van der Waals surface area contributed by atoms with E-state index < -0.39 is 11.7 Å². The second kappa shape index (κ2) is 13.7. The van der Waals surface area contributed by atoms with Gasteiger partial charge in [-0.1, -0.05) is 13.3 Å². The number of piperidine rings is 1. The fraction of sp³-hybridized carbons (Fsp3) is 0.842. The molecule has 170 valence electrons. The molecule has 9 nitrogen and oxygen atoms in total. The number of hydrogen-bond acceptors (Lipinski definition) is 5. The molecule has 1 rings (SSSR count). The van der Waals surface area contributed by atoms with Gasteiger partial charge in [-0.3, -0.25) is 4.99 Å². The minimum atomic E-state index is -0.539. The lowest BCUT2D eigenvalue weighted by Crippen LogP contribution is -2.49. The van der Waals surface area contributed by atoms with Crippen molar-refractivity contribution >= 4 is 42.1 Å². The number of carbonyl (C=O) groups excluding carboxylic acids is 2. The summed E-state index contributed by atoms with van der Waals surface area (Å²) in [6.45, 7) is 11.3. The smallest absolute Gasteiger partial charge is 0.409 e. The van der Waals surface area contributed by atoms with Crippen molar-refractivity contribution in [1.82, 2.24) is 15.5 Å². The van der Waals surface area contributed by atoms with Gasteiger partial charge in [0.1, 0.15) is 5.60 Å². The van der Waals surface area contributed by atoms with Crippen LogP contribution in [0.2, 0.25) is 0 Å². The van der Waals surface area contributed by atoms with Crippen LogP contribution in [0, 0.1) is 0 Å². The van der Waals surface area contributed by atoms with Crippen LogP contribution in [0.5, 0.6) is 0 Å². The molecule has 4 N–H and O–H groups in total. The van der Waals surface area contributed by atoms with Gasteiger partial charge in [0.05, 0.1) is 19.2 Å². The molecule has 0 radical (unpaired) electrons. The summed E-state index contributed by atoms with van der Waals surface area (Å²) in [6, 6.07) is 0.0312. The Kier molecular flexibility index (Phi) is 13.0. The van der Waals surface area contributed by atoms with Crippen LogP contribution < -0.4 is 16.4 Å². The van der Waals surface area contributed by atoms with Crippen LogP contribution in [0.25, 0.3) is 0 Å². The second-order valence-electron chi connectivity index (χ2n) is 7.96. The number of nitrogens with two attached hydrogens (primary N) is 1. The average Bonchev–Trinajstić information content (AvgIpc) is 2.59. The predicted molar refractivity (Wildman–Crippen MR) is 125 cm³/mol. The van der Waals surface area contributed by atoms with E-state index in [0.717, 1.165) is 25.7 Å². The average molecular weight is 527 g/mol. The van der Waals surface area contributed by atoms with E-state index >= 15 is 0 Å². The summed E-state index contributed by atoms with van der Waals surface area (Å²) in [5, 5.41) is 6.06. The number of guanidine groups is 1. The predicted octanol–water partition coefficient (Wildman–Crippen LogP) is 2.82. The first-order valence-electron chi connectivity index (χ1n) is 10.1. The molecule has 1 fully saturated rings. The highest BCUT2D eigenvalue weighted by molar-refractivity contribution is 14.0. The van der Waals surface area contributed by atoms with Crippen LogP contribution >= 0.6 is 24.0 Å². The lowest BCUT2D eigenvalue weighted by atomic mass is 10.1. The molecule has 1 heterocycles. The van der Waals surface area contributed by atoms with Gasteiger partial charge in [-0.05, 0) is 47.0 Å². The molecule has 0 saturated carbocycles. The number of nitrogens with zero attached hydrogens (tertiary/aromatic N) is 2. The van der Waals surface area contributed by atoms with Crippen LogP contribution in [-0.4, -0.2) is 67.0 Å². The van der Waals surface area contributed by atoms with E-state index in [9.17, 15) is 9.59 Å². The first-order valence-corrected chi connectivity index (χ1v) is 10.1. The van der Waals surface area contributed by atoms with Crippen LogP contribution in [-0.2, 0) is 9.47 Å². The van der Waals surface area contributed by atoms with Gasteiger partial charge in [0, 0.05) is 19.1 Å². The number of hydrogen-bond donors (Lipinski definition) is 3. The van der Waals surface area contributed by atoms with Crippen LogP contribution in [0.3, 0.4) is 0 Å². The van der Waals surface area contributed by atoms with Crippen molar-refractivity contribution in [3.05, 3.63) is 0 Å². The quantitative estimate of drug-likeness (QED) is 0.266. The van der Waals surface area contributed by atoms with Crippen molar-refractivity contribution in [1.29, 1.82) is 0 Å². The number of aliphatic imine (C=N–C) groups is 1. The summed E-state index contributed by atoms with van der Waals surface area (Å²) >= 11 is 0. The third-order valence-corrected chi connectivity index (χ3v) is 4.21. The zero-order chi connectivity index (χ0) is 21.2. The summed E-state index contributed by atoms with van der Waals surface area (Å²) in [5.74, 6) is 0.349. The van der Waals surface area contributed by atoms with Crippen molar-refractivity contribution in [2.24, 2.45) is 10.7 Å². The molecule has 29 heavy (non-hydrogen) atoms. The first kappa shape index (κ1) is 27.5. The number of amides is 2. The Bertz CT molecular complexity index is 531. The van der Waals surface area contributed by atoms with Gasteiger partial charge in [-0.15, -0.1) is 24.0 Å². The van der Waals surface area contributed by atoms with Crippen molar-refractivity contribution in [2.45, 2.75) is 78.0 Å². The Balaban J connectivity index is 0.00000784. The van der Waals surface area contributed by atoms with Crippen molar-refractivity contribution in [2.75, 3.05) is 26.2 Å². The van der Waals surface area contributed by atoms with E-state index in [1.807, 2.05) is 27.7 Å². The topological polar surface area (TPSA) is 118 Å². The molecule has 1 unspecified atom stereocenters. The molecular weight excluding hydrogens is 489 g/mol. The number of alkyl carbamates (subject to hydrolysis) is 1. The van der Waals surface area contributed by atoms with E-state index in [2.05, 4.69) is 15.6 Å². The molecule has 0 bridgehead atoms. The largest absolute Gasteiger partial charge is 0.450 e. The maximum atomic E-state index is 12.0. The highest BCUT2D eigenvalue weighted by Crippen LogP contribution is 2.11. The van der Waals surface area contributed by atoms with Gasteiger partial charge >= 0.3 is 12.2 Å². The number of halogens is 1. The van der Waals surface area contributed by atoms with Crippen LogP contribution in [0.4, 0.5) is 9.59 Å². The summed E-state index contributed by atoms with van der Waals surface area (Å²) in [5.41, 5.74) is 5.47. The fourth-order valence-electron chi connectivity index (χ4n) is 2.92. The second-order valence-corrected chi connectivity index (χ2v) is 7.96. The SMILES string of the molecule is CCCC(CN=C(N)NC1CCN(C(=O)OCC)CC1)NC(=O)OC(C)(C)C.I. The molecule has 1 saturated heterocycles. The Labute approximate surface area is 191 Å². The molecule has 0 aromatic rings. The van der Waals surface area contributed by atoms with Crippen molar-refractivity contribution in [3.8, 4) is 0 Å². The number of ether oxygens (including phenoxy) is 2. The molecule has 2 amide bonds. The van der Waals surface area contributed by atoms with E-state index in [1.54, 1.807) is 11.8 Å². The molecule has 0 aromatic heterocycles. The molecule has 0 aliphatic carbocycles. The number of rotatable bonds is 7. The Morgan fingerprint density at radius 1 is 1.24 bits per heavy atom. The van der Waals surface area contributed by atoms with Crippen molar-refractivity contribution in [3.63, 3.8) is 0 Å². The van der Waals surface area contributed by atoms with E-state index in [0.29, 0.717) is 32.2 Å². The number of likely N-dealkylation sites (tertiary alicyclic amines) is 1. The highest BCUT2D eigenvalue weighted by Gasteiger charge is 2.24. The molecule has 0 spiro atoms. The molecule has 1 atom stereocenters. The summed E-state index contributed by atoms with van der Waals surface area (Å²) in [6.07, 6.45) is 2.55. The molecule has 0 aromatic carbocycles. The van der Waals surface area contributed by atoms with Gasteiger partial charge in [0.2, 0.25) is 0 Å². The Morgan fingerprint density at radius 2 is 1.86 bits per heavy atom. The molecular formula is C19H38IN5O4. The summed E-state index contributed by atoms with van der Waals surface area (Å²) < 4.78 is 10.3. The zero-order valence-electron chi connectivity index (χ0n) is 18.3. The minimum absolute atomic E-state index is 0. The normalized spacial score (nSPS) is 16.4. The summed E-state index contributed by atoms with van der Waals surface area (Å²) in [4.78, 5) is 29.8. The van der Waals surface area contributed by atoms with Crippen LogP contribution in [0.1, 0.15) is 60.3 Å². The van der Waals surface area contributed by atoms with Crippen molar-refractivity contribution < 1.29 is 19.1 Å². The Morgan fingerprint density at radius 3 is 2.38 bits per heavy atom. The lowest BCUT2D eigenvalue weighted by Gasteiger charge is -2.31. The van der Waals surface area contributed by atoms with E-state index in [-0.39, 0.29) is 42.2 Å². The van der Waals surface area contributed by atoms with E-state index in [1.165, 1.54) is 0 Å². The minimum Gasteiger partial charge on any atom is -0.450 e. The third-order valence-electron chi connectivity index (χ3n) is 4.21. The molecule has 1 aliphatic heterocycles. The maximum Gasteiger partial charge on any atom is 0.409 e. The van der Waals surface area contributed by atoms with Gasteiger partial charge in [-0.2, -0.15) is 0 Å². The maximum absolute atomic E-state index is 12.0. The molecule has 1 aliphatic rings. The van der Waals surface area contributed by atoms with E-state index in [4.69, 9.17) is 15.2 Å². The van der Waals surface area contributed by atoms with Gasteiger partial charge in [0.15, 0.2) is 5.96 Å². The monoisotopic (exact) mass is 527 g/mol. The standard InChI is InChI=1S/C19H37N5O4.HI/c1-6-8-15(23-17(25)28-19(3,4)5)13-21-16(20)22-14-9-11-24(12-10-14)18(26)27-7-2;/h14-15H,6-13H2,1-5H3,(H,23,25)(H3,20,21,22);1H. The zero-order valence-corrected chi connectivity index (χ0v) is 20.7. The fourth-order valence-corrected chi connectivity index (χ4v) is 2.92. The van der Waals surface area contributed by atoms with Gasteiger partial charge in [-0.25, -0.2) is 9.59 Å². The Hall–Kier alpha value is -1.46. The molecule has 10 heteroatoms. The summed E-state index contributed by atoms with van der Waals surface area (Å²) in [7, 11) is 0. The van der Waals surface area contributed by atoms with Crippen LogP contribution in [0.15, 0.2) is 4.99 Å². The van der Waals surface area contributed by atoms with Gasteiger partial charge in [0.25, 0.3) is 0 Å². The number of carbonyl (C=O) groups is 2. The third kappa shape index (κ3) is 12.0.